The molecule has 1 N–H and O–H groups in total. The van der Waals surface area contributed by atoms with Crippen molar-refractivity contribution in [3.8, 4) is 0 Å². The monoisotopic (exact) mass is 487 g/mol. The molecule has 2 aliphatic heterocycles. The van der Waals surface area contributed by atoms with E-state index in [1.807, 2.05) is 66.7 Å². The van der Waals surface area contributed by atoms with Gasteiger partial charge in [-0.1, -0.05) is 60.7 Å². The molecule has 1 spiro atoms. The van der Waals surface area contributed by atoms with Gasteiger partial charge in [-0.15, -0.1) is 0 Å². The van der Waals surface area contributed by atoms with E-state index in [-0.39, 0.29) is 18.1 Å². The first-order chi connectivity index (χ1) is 17.5. The number of rotatable bonds is 5. The second-order valence-electron chi connectivity index (χ2n) is 9.35. The molecule has 1 unspecified atom stereocenters. The minimum Gasteiger partial charge on any atom is -0.478 e. The highest BCUT2D eigenvalue weighted by Crippen LogP contribution is 2.41. The first kappa shape index (κ1) is 23.7. The molecule has 2 aromatic rings. The van der Waals surface area contributed by atoms with Crippen LogP contribution in [-0.2, 0) is 20.9 Å². The number of allylic oxidation sites excluding steroid dienone is 2. The molecule has 0 radical (unpaired) electrons. The molecule has 2 heterocycles. The van der Waals surface area contributed by atoms with Crippen LogP contribution >= 0.6 is 0 Å². The lowest BCUT2D eigenvalue weighted by atomic mass is 9.85. The highest BCUT2D eigenvalue weighted by Gasteiger charge is 2.56. The van der Waals surface area contributed by atoms with Gasteiger partial charge in [0.1, 0.15) is 12.1 Å². The number of hydrogen-bond donors (Lipinski definition) is 1. The van der Waals surface area contributed by atoms with E-state index in [0.717, 1.165) is 11.3 Å². The van der Waals surface area contributed by atoms with Crippen molar-refractivity contribution in [3.05, 3.63) is 90.0 Å². The lowest BCUT2D eigenvalue weighted by Gasteiger charge is -2.43. The first-order valence-corrected chi connectivity index (χ1v) is 12.2. The van der Waals surface area contributed by atoms with Crippen molar-refractivity contribution in [2.24, 2.45) is 0 Å². The summed E-state index contributed by atoms with van der Waals surface area (Å²) in [5, 5.41) is 9.76. The molecule has 2 saturated heterocycles. The molecular formula is C28H29N3O5. The fraction of sp³-hybridized carbons (Fsp3) is 0.321. The van der Waals surface area contributed by atoms with Gasteiger partial charge in [-0.05, 0) is 43.0 Å². The maximum Gasteiger partial charge on any atom is 0.410 e. The van der Waals surface area contributed by atoms with E-state index in [1.165, 1.54) is 0 Å². The summed E-state index contributed by atoms with van der Waals surface area (Å²) in [6, 6.07) is 18.7. The number of piperidine rings is 1. The van der Waals surface area contributed by atoms with E-state index >= 15 is 0 Å². The Morgan fingerprint density at radius 2 is 1.67 bits per heavy atom. The summed E-state index contributed by atoms with van der Waals surface area (Å²) in [4.78, 5) is 44.1. The number of likely N-dealkylation sites (tertiary alicyclic amines) is 1. The Kier molecular flexibility index (Phi) is 6.50. The number of carboxylic acids is 1. The number of amides is 2. The maximum atomic E-state index is 14.0. The zero-order valence-corrected chi connectivity index (χ0v) is 20.0. The molecule has 2 aromatic carbocycles. The summed E-state index contributed by atoms with van der Waals surface area (Å²) in [5.41, 5.74) is 1.20. The molecule has 1 atom stereocenters. The number of para-hydroxylation sites is 1. The van der Waals surface area contributed by atoms with E-state index in [4.69, 9.17) is 4.74 Å². The van der Waals surface area contributed by atoms with Crippen LogP contribution in [0.3, 0.4) is 0 Å². The Morgan fingerprint density at radius 1 is 1.00 bits per heavy atom. The van der Waals surface area contributed by atoms with Gasteiger partial charge in [-0.25, -0.2) is 9.59 Å². The number of anilines is 1. The van der Waals surface area contributed by atoms with Crippen molar-refractivity contribution in [1.29, 1.82) is 0 Å². The van der Waals surface area contributed by atoms with E-state index in [1.54, 1.807) is 22.0 Å². The summed E-state index contributed by atoms with van der Waals surface area (Å²) in [7, 11) is 0. The Morgan fingerprint density at radius 3 is 2.33 bits per heavy atom. The molecule has 36 heavy (non-hydrogen) atoms. The van der Waals surface area contributed by atoms with Crippen molar-refractivity contribution in [2.45, 2.75) is 37.5 Å². The summed E-state index contributed by atoms with van der Waals surface area (Å²) in [5.74, 6) is -1.10. The van der Waals surface area contributed by atoms with Gasteiger partial charge in [0, 0.05) is 18.8 Å². The number of benzene rings is 2. The second kappa shape index (κ2) is 9.89. The number of carbonyl (C=O) groups is 3. The molecule has 186 valence electrons. The van der Waals surface area contributed by atoms with Crippen LogP contribution in [0.5, 0.6) is 0 Å². The van der Waals surface area contributed by atoms with E-state index < -0.39 is 23.6 Å². The SMILES string of the molecule is O=C(O)C1=CC=CCC1N1CN(c2ccccc2)C2(CCN(C(=O)OCc3ccccc3)CC2)C1=O. The molecule has 5 rings (SSSR count). The first-order valence-electron chi connectivity index (χ1n) is 12.2. The van der Waals surface area contributed by atoms with E-state index in [9.17, 15) is 19.5 Å². The third kappa shape index (κ3) is 4.34. The largest absolute Gasteiger partial charge is 0.478 e. The Bertz CT molecular complexity index is 1190. The van der Waals surface area contributed by atoms with Crippen LogP contribution in [0.25, 0.3) is 0 Å². The predicted octanol–water partition coefficient (Wildman–Crippen LogP) is 3.80. The van der Waals surface area contributed by atoms with Crippen molar-refractivity contribution >= 4 is 23.7 Å². The number of carboxylic acid groups (broad SMARTS) is 1. The van der Waals surface area contributed by atoms with Crippen molar-refractivity contribution in [3.63, 3.8) is 0 Å². The standard InChI is InChI=1S/C28H29N3O5/c32-25(33)23-13-7-8-14-24(23)30-20-31(22-11-5-2-6-12-22)28(26(30)34)15-17-29(18-16-28)27(35)36-19-21-9-3-1-4-10-21/h1-13,24H,14-20H2,(H,32,33). The van der Waals surface area contributed by atoms with Crippen LogP contribution in [0.15, 0.2) is 84.5 Å². The summed E-state index contributed by atoms with van der Waals surface area (Å²) in [6.45, 7) is 1.25. The normalized spacial score (nSPS) is 21.0. The zero-order valence-electron chi connectivity index (χ0n) is 20.0. The molecule has 2 amide bonds. The van der Waals surface area contributed by atoms with Crippen LogP contribution < -0.4 is 4.90 Å². The highest BCUT2D eigenvalue weighted by molar-refractivity contribution is 5.96. The maximum absolute atomic E-state index is 14.0. The molecule has 3 aliphatic rings. The highest BCUT2D eigenvalue weighted by atomic mass is 16.6. The number of ether oxygens (including phenoxy) is 1. The van der Waals surface area contributed by atoms with Crippen LogP contribution in [0.4, 0.5) is 10.5 Å². The van der Waals surface area contributed by atoms with Gasteiger partial charge in [0.15, 0.2) is 0 Å². The minimum absolute atomic E-state index is 0.0869. The van der Waals surface area contributed by atoms with Crippen LogP contribution in [-0.4, -0.2) is 64.2 Å². The molecule has 2 fully saturated rings. The predicted molar refractivity (Wildman–Crippen MR) is 134 cm³/mol. The lowest BCUT2D eigenvalue weighted by Crippen LogP contribution is -2.57. The molecule has 0 bridgehead atoms. The number of aliphatic carboxylic acids is 1. The van der Waals surface area contributed by atoms with Crippen molar-refractivity contribution < 1.29 is 24.2 Å². The third-order valence-corrected chi connectivity index (χ3v) is 7.34. The van der Waals surface area contributed by atoms with E-state index in [0.29, 0.717) is 39.0 Å². The molecule has 1 aliphatic carbocycles. The average Bonchev–Trinajstić information content (AvgIpc) is 3.20. The Labute approximate surface area is 210 Å². The Hall–Kier alpha value is -4.07. The summed E-state index contributed by atoms with van der Waals surface area (Å²) in [6.07, 6.45) is 6.14. The quantitative estimate of drug-likeness (QED) is 0.690. The lowest BCUT2D eigenvalue weighted by molar-refractivity contribution is -0.136. The van der Waals surface area contributed by atoms with Gasteiger partial charge in [0.05, 0.1) is 18.3 Å². The smallest absolute Gasteiger partial charge is 0.410 e. The zero-order chi connectivity index (χ0) is 25.1. The Balaban J connectivity index is 1.35. The average molecular weight is 488 g/mol. The van der Waals surface area contributed by atoms with Crippen LogP contribution in [0.1, 0.15) is 24.8 Å². The summed E-state index contributed by atoms with van der Waals surface area (Å²) < 4.78 is 5.51. The topological polar surface area (TPSA) is 90.4 Å². The number of nitrogens with zero attached hydrogens (tertiary/aromatic N) is 3. The fourth-order valence-corrected chi connectivity index (χ4v) is 5.39. The van der Waals surface area contributed by atoms with E-state index in [2.05, 4.69) is 4.90 Å². The number of hydrogen-bond acceptors (Lipinski definition) is 5. The second-order valence-corrected chi connectivity index (χ2v) is 9.35. The van der Waals surface area contributed by atoms with Gasteiger partial charge < -0.3 is 24.5 Å². The van der Waals surface area contributed by atoms with Crippen LogP contribution in [0.2, 0.25) is 0 Å². The van der Waals surface area contributed by atoms with Gasteiger partial charge in [-0.3, -0.25) is 4.79 Å². The van der Waals surface area contributed by atoms with Crippen LogP contribution in [0, 0.1) is 0 Å². The third-order valence-electron chi connectivity index (χ3n) is 7.34. The number of carbonyl (C=O) groups excluding carboxylic acids is 2. The fourth-order valence-electron chi connectivity index (χ4n) is 5.39. The van der Waals surface area contributed by atoms with Crippen molar-refractivity contribution in [2.75, 3.05) is 24.7 Å². The van der Waals surface area contributed by atoms with Gasteiger partial charge in [0.2, 0.25) is 0 Å². The van der Waals surface area contributed by atoms with Gasteiger partial charge >= 0.3 is 12.1 Å². The molecular weight excluding hydrogens is 458 g/mol. The molecule has 0 saturated carbocycles. The summed E-state index contributed by atoms with van der Waals surface area (Å²) >= 11 is 0. The minimum atomic E-state index is -1.01. The molecule has 8 heteroatoms. The van der Waals surface area contributed by atoms with Crippen molar-refractivity contribution in [1.82, 2.24) is 9.80 Å². The van der Waals surface area contributed by atoms with Gasteiger partial charge in [0.25, 0.3) is 5.91 Å². The molecule has 0 aromatic heterocycles. The molecule has 8 nitrogen and oxygen atoms in total. The van der Waals surface area contributed by atoms with Gasteiger partial charge in [-0.2, -0.15) is 0 Å².